The number of aromatic nitrogens is 1. The van der Waals surface area contributed by atoms with Crippen molar-refractivity contribution in [1.29, 1.82) is 0 Å². The molecule has 0 aliphatic heterocycles. The van der Waals surface area contributed by atoms with E-state index >= 15 is 0 Å². The lowest BCUT2D eigenvalue weighted by molar-refractivity contribution is -0.137. The Bertz CT molecular complexity index is 618. The van der Waals surface area contributed by atoms with Crippen molar-refractivity contribution >= 4 is 17.9 Å². The first-order chi connectivity index (χ1) is 11.1. The van der Waals surface area contributed by atoms with Crippen LogP contribution in [0.25, 0.3) is 0 Å². The fourth-order valence-corrected chi connectivity index (χ4v) is 1.61. The lowest BCUT2D eigenvalue weighted by atomic mass is 10.2. The molecule has 140 valence electrons. The summed E-state index contributed by atoms with van der Waals surface area (Å²) in [6.07, 6.45) is -5.48. The van der Waals surface area contributed by atoms with Gasteiger partial charge in [-0.15, -0.1) is 0 Å². The average Bonchev–Trinajstić information content (AvgIpc) is 2.33. The van der Waals surface area contributed by atoms with Crippen LogP contribution < -0.4 is 4.90 Å². The molecule has 0 radical (unpaired) electrons. The van der Waals surface area contributed by atoms with Crippen molar-refractivity contribution in [1.82, 2.24) is 4.98 Å². The number of hydrogen-bond donors (Lipinski definition) is 0. The van der Waals surface area contributed by atoms with Crippen molar-refractivity contribution in [3.05, 3.63) is 24.0 Å². The maximum absolute atomic E-state index is 12.9. The van der Waals surface area contributed by atoms with Crippen LogP contribution in [0.5, 0.6) is 0 Å². The van der Waals surface area contributed by atoms with Gasteiger partial charge in [0.05, 0.1) is 17.4 Å². The molecule has 9 heteroatoms. The van der Waals surface area contributed by atoms with Crippen LogP contribution in [-0.4, -0.2) is 28.4 Å². The summed E-state index contributed by atoms with van der Waals surface area (Å²) >= 11 is 0. The first-order valence-electron chi connectivity index (χ1n) is 7.38. The van der Waals surface area contributed by atoms with E-state index in [1.165, 1.54) is 0 Å². The standard InChI is InChI=1S/C16H21F3N2O4/c1-14(2,3)24-12(22)21(13(23)25-15(4,5)6)11-7-10(8-20-9-11)16(17,18)19/h7-9H,1-6H3. The Hall–Kier alpha value is -2.32. The molecule has 0 aliphatic carbocycles. The summed E-state index contributed by atoms with van der Waals surface area (Å²) in [5.74, 6) is 0. The summed E-state index contributed by atoms with van der Waals surface area (Å²) in [6.45, 7) is 9.35. The summed E-state index contributed by atoms with van der Waals surface area (Å²) < 4.78 is 48.8. The summed E-state index contributed by atoms with van der Waals surface area (Å²) in [5, 5.41) is 0. The fraction of sp³-hybridized carbons (Fsp3) is 0.562. The van der Waals surface area contributed by atoms with Gasteiger partial charge in [-0.3, -0.25) is 4.98 Å². The molecule has 1 heterocycles. The van der Waals surface area contributed by atoms with Crippen molar-refractivity contribution in [2.75, 3.05) is 4.90 Å². The summed E-state index contributed by atoms with van der Waals surface area (Å²) in [4.78, 5) is 28.5. The molecule has 0 spiro atoms. The Morgan fingerprint density at radius 2 is 1.36 bits per heavy atom. The molecule has 25 heavy (non-hydrogen) atoms. The van der Waals surface area contributed by atoms with Gasteiger partial charge in [-0.2, -0.15) is 18.1 Å². The third-order valence-corrected chi connectivity index (χ3v) is 2.46. The molecule has 0 unspecified atom stereocenters. The lowest BCUT2D eigenvalue weighted by Gasteiger charge is -2.28. The van der Waals surface area contributed by atoms with Crippen LogP contribution >= 0.6 is 0 Å². The highest BCUT2D eigenvalue weighted by atomic mass is 19.4. The maximum atomic E-state index is 12.9. The van der Waals surface area contributed by atoms with E-state index in [0.29, 0.717) is 17.2 Å². The maximum Gasteiger partial charge on any atom is 0.424 e. The van der Waals surface area contributed by atoms with Crippen LogP contribution in [0.1, 0.15) is 47.1 Å². The minimum Gasteiger partial charge on any atom is -0.443 e. The average molecular weight is 362 g/mol. The van der Waals surface area contributed by atoms with E-state index in [-0.39, 0.29) is 0 Å². The van der Waals surface area contributed by atoms with Crippen LogP contribution in [0, 0.1) is 0 Å². The second kappa shape index (κ2) is 6.89. The van der Waals surface area contributed by atoms with Gasteiger partial charge >= 0.3 is 18.4 Å². The topological polar surface area (TPSA) is 68.7 Å². The number of nitrogens with zero attached hydrogens (tertiary/aromatic N) is 2. The number of amides is 2. The molecule has 1 aromatic rings. The van der Waals surface area contributed by atoms with E-state index in [4.69, 9.17) is 9.47 Å². The van der Waals surface area contributed by atoms with E-state index in [9.17, 15) is 22.8 Å². The first-order valence-corrected chi connectivity index (χ1v) is 7.38. The molecule has 0 atom stereocenters. The highest BCUT2D eigenvalue weighted by Crippen LogP contribution is 2.31. The number of halogens is 3. The molecule has 0 aliphatic rings. The van der Waals surface area contributed by atoms with Gasteiger partial charge in [-0.05, 0) is 47.6 Å². The SMILES string of the molecule is CC(C)(C)OC(=O)N(C(=O)OC(C)(C)C)c1cncc(C(F)(F)F)c1. The number of hydrogen-bond acceptors (Lipinski definition) is 5. The minimum atomic E-state index is -4.68. The zero-order chi connectivity index (χ0) is 19.6. The Balaban J connectivity index is 3.32. The number of ether oxygens (including phenoxy) is 2. The Morgan fingerprint density at radius 3 is 1.72 bits per heavy atom. The first kappa shape index (κ1) is 20.7. The van der Waals surface area contributed by atoms with E-state index in [0.717, 1.165) is 6.20 Å². The van der Waals surface area contributed by atoms with Gasteiger partial charge < -0.3 is 9.47 Å². The number of alkyl halides is 3. The monoisotopic (exact) mass is 362 g/mol. The van der Waals surface area contributed by atoms with E-state index in [2.05, 4.69) is 4.98 Å². The van der Waals surface area contributed by atoms with Crippen molar-refractivity contribution in [3.63, 3.8) is 0 Å². The molecule has 0 fully saturated rings. The van der Waals surface area contributed by atoms with E-state index in [1.54, 1.807) is 41.5 Å². The largest absolute Gasteiger partial charge is 0.443 e. The smallest absolute Gasteiger partial charge is 0.424 e. The highest BCUT2D eigenvalue weighted by molar-refractivity contribution is 6.09. The number of anilines is 1. The van der Waals surface area contributed by atoms with E-state index < -0.39 is 40.8 Å². The molecule has 0 bridgehead atoms. The van der Waals surface area contributed by atoms with Gasteiger partial charge in [0, 0.05) is 6.20 Å². The third kappa shape index (κ3) is 6.60. The van der Waals surface area contributed by atoms with Crippen LogP contribution in [-0.2, 0) is 15.7 Å². The molecule has 1 rings (SSSR count). The van der Waals surface area contributed by atoms with Gasteiger partial charge in [0.1, 0.15) is 11.2 Å². The molecule has 6 nitrogen and oxygen atoms in total. The van der Waals surface area contributed by atoms with Gasteiger partial charge in [-0.1, -0.05) is 0 Å². The number of carbonyl (C=O) groups excluding carboxylic acids is 2. The summed E-state index contributed by atoms with van der Waals surface area (Å²) in [7, 11) is 0. The molecular weight excluding hydrogens is 341 g/mol. The summed E-state index contributed by atoms with van der Waals surface area (Å²) in [6, 6.07) is 0.626. The zero-order valence-electron chi connectivity index (χ0n) is 14.9. The molecule has 0 aromatic carbocycles. The molecule has 1 aromatic heterocycles. The van der Waals surface area contributed by atoms with Gasteiger partial charge in [0.15, 0.2) is 0 Å². The van der Waals surface area contributed by atoms with Gasteiger partial charge in [0.2, 0.25) is 0 Å². The fourth-order valence-electron chi connectivity index (χ4n) is 1.61. The second-order valence-electron chi connectivity index (χ2n) is 7.23. The van der Waals surface area contributed by atoms with Crippen molar-refractivity contribution in [2.45, 2.75) is 58.9 Å². The van der Waals surface area contributed by atoms with E-state index in [1.807, 2.05) is 0 Å². The molecule has 2 amide bonds. The third-order valence-electron chi connectivity index (χ3n) is 2.46. The van der Waals surface area contributed by atoms with Crippen LogP contribution in [0.4, 0.5) is 28.4 Å². The van der Waals surface area contributed by atoms with Gasteiger partial charge in [0.25, 0.3) is 0 Å². The zero-order valence-corrected chi connectivity index (χ0v) is 14.9. The second-order valence-corrected chi connectivity index (χ2v) is 7.23. The van der Waals surface area contributed by atoms with Crippen molar-refractivity contribution in [3.8, 4) is 0 Å². The molecule has 0 N–H and O–H groups in total. The van der Waals surface area contributed by atoms with Crippen molar-refractivity contribution in [2.24, 2.45) is 0 Å². The summed E-state index contributed by atoms with van der Waals surface area (Å²) in [5.41, 5.74) is -3.45. The number of pyridine rings is 1. The quantitative estimate of drug-likeness (QED) is 0.719. The normalized spacial score (nSPS) is 12.5. The Kier molecular flexibility index (Phi) is 5.71. The number of carbonyl (C=O) groups is 2. The number of imide groups is 1. The predicted octanol–water partition coefficient (Wildman–Crippen LogP) is 4.78. The predicted molar refractivity (Wildman–Crippen MR) is 84.2 cm³/mol. The van der Waals surface area contributed by atoms with Crippen LogP contribution in [0.2, 0.25) is 0 Å². The number of rotatable bonds is 1. The minimum absolute atomic E-state index is 0.388. The lowest BCUT2D eigenvalue weighted by Crippen LogP contribution is -2.44. The molecule has 0 saturated heterocycles. The van der Waals surface area contributed by atoms with Crippen LogP contribution in [0.3, 0.4) is 0 Å². The van der Waals surface area contributed by atoms with Crippen molar-refractivity contribution < 1.29 is 32.2 Å². The molecule has 0 saturated carbocycles. The van der Waals surface area contributed by atoms with Crippen LogP contribution in [0.15, 0.2) is 18.5 Å². The molecular formula is C16H21F3N2O4. The Labute approximate surface area is 143 Å². The Morgan fingerprint density at radius 1 is 0.920 bits per heavy atom. The highest BCUT2D eigenvalue weighted by Gasteiger charge is 2.36. The van der Waals surface area contributed by atoms with Gasteiger partial charge in [-0.25, -0.2) is 9.59 Å².